The molecule has 8 nitrogen and oxygen atoms in total. The number of sulfonamides is 1. The van der Waals surface area contributed by atoms with E-state index in [0.717, 1.165) is 23.1 Å². The number of aryl methyl sites for hydroxylation is 1. The molecule has 4 bridgehead atoms. The molecular formula is C30H38N4O4S. The summed E-state index contributed by atoms with van der Waals surface area (Å²) in [5.41, 5.74) is 4.57. The van der Waals surface area contributed by atoms with Crippen LogP contribution < -0.4 is 14.8 Å². The van der Waals surface area contributed by atoms with Gasteiger partial charge in [0.1, 0.15) is 6.61 Å². The Hall–Kier alpha value is -3.46. The summed E-state index contributed by atoms with van der Waals surface area (Å²) >= 11 is 0. The summed E-state index contributed by atoms with van der Waals surface area (Å²) < 4.78 is 35.5. The lowest BCUT2D eigenvalue weighted by Gasteiger charge is -2.27. The standard InChI is InChI=1S/C30H38N4O4S/c1-18(2)14-21-11-8-10-19(3)25(21)26-20(4)28-33-29(32-26)34-39(36,37)24-13-9-12-22(15-24)27(35)31-23(17-38-28)16-30(5,6)7/h8-13,15,18,23H,14,16-17H2,1-7H3,(H,31,35)(H,32,33,34)/t23-/m1/s1. The molecule has 1 aromatic heterocycles. The number of anilines is 1. The minimum Gasteiger partial charge on any atom is -0.475 e. The molecule has 0 fully saturated rings. The molecule has 39 heavy (non-hydrogen) atoms. The Morgan fingerprint density at radius 1 is 1.08 bits per heavy atom. The van der Waals surface area contributed by atoms with E-state index in [1.165, 1.54) is 12.1 Å². The van der Waals surface area contributed by atoms with Crippen LogP contribution in [0.2, 0.25) is 0 Å². The lowest BCUT2D eigenvalue weighted by atomic mass is 9.88. The molecule has 3 aromatic rings. The largest absolute Gasteiger partial charge is 0.475 e. The second kappa shape index (κ2) is 11.0. The van der Waals surface area contributed by atoms with E-state index in [-0.39, 0.29) is 46.3 Å². The van der Waals surface area contributed by atoms with E-state index in [0.29, 0.717) is 23.6 Å². The molecule has 208 valence electrons. The number of benzene rings is 2. The summed E-state index contributed by atoms with van der Waals surface area (Å²) in [5.74, 6) is 0.242. The van der Waals surface area contributed by atoms with E-state index >= 15 is 0 Å². The first kappa shape index (κ1) is 28.5. The number of amides is 1. The maximum atomic E-state index is 13.4. The van der Waals surface area contributed by atoms with Gasteiger partial charge >= 0.3 is 0 Å². The van der Waals surface area contributed by atoms with Crippen LogP contribution in [0.4, 0.5) is 5.95 Å². The molecule has 4 rings (SSSR count). The number of ether oxygens (including phenoxy) is 1. The molecule has 0 aliphatic carbocycles. The van der Waals surface area contributed by atoms with Crippen LogP contribution in [0.3, 0.4) is 0 Å². The van der Waals surface area contributed by atoms with Crippen LogP contribution in [0.5, 0.6) is 5.88 Å². The number of carbonyl (C=O) groups is 1. The molecule has 1 aliphatic heterocycles. The SMILES string of the molecule is Cc1cccc(CC(C)C)c1-c1nc2nc(c1C)OC[C@@H](CC(C)(C)C)NC(=O)c1cccc(c1)S(=O)(=O)N2. The van der Waals surface area contributed by atoms with E-state index in [9.17, 15) is 13.2 Å². The zero-order valence-electron chi connectivity index (χ0n) is 23.8. The van der Waals surface area contributed by atoms with Gasteiger partial charge in [-0.15, -0.1) is 0 Å². The first-order valence-corrected chi connectivity index (χ1v) is 14.8. The molecule has 2 aromatic carbocycles. The van der Waals surface area contributed by atoms with Crippen molar-refractivity contribution in [2.75, 3.05) is 11.3 Å². The number of rotatable bonds is 4. The minimum absolute atomic E-state index is 0.0497. The van der Waals surface area contributed by atoms with Crippen LogP contribution in [-0.2, 0) is 16.4 Å². The zero-order valence-corrected chi connectivity index (χ0v) is 24.6. The predicted molar refractivity (Wildman–Crippen MR) is 154 cm³/mol. The van der Waals surface area contributed by atoms with E-state index < -0.39 is 10.0 Å². The van der Waals surface area contributed by atoms with Crippen LogP contribution in [-0.4, -0.2) is 36.9 Å². The van der Waals surface area contributed by atoms with Crippen LogP contribution in [0.15, 0.2) is 47.4 Å². The third kappa shape index (κ3) is 6.76. The number of nitrogens with one attached hydrogen (secondary N) is 2. The highest BCUT2D eigenvalue weighted by Gasteiger charge is 2.27. The van der Waals surface area contributed by atoms with Crippen molar-refractivity contribution in [3.8, 4) is 17.1 Å². The van der Waals surface area contributed by atoms with E-state index in [2.05, 4.69) is 55.7 Å². The van der Waals surface area contributed by atoms with Gasteiger partial charge in [-0.2, -0.15) is 4.98 Å². The molecule has 2 heterocycles. The highest BCUT2D eigenvalue weighted by atomic mass is 32.2. The monoisotopic (exact) mass is 550 g/mol. The molecule has 1 amide bonds. The Kier molecular flexibility index (Phi) is 8.02. The molecule has 1 aliphatic rings. The Labute approximate surface area is 231 Å². The van der Waals surface area contributed by atoms with Gasteiger partial charge in [-0.1, -0.05) is 58.9 Å². The topological polar surface area (TPSA) is 110 Å². The Morgan fingerprint density at radius 3 is 2.49 bits per heavy atom. The fourth-order valence-electron chi connectivity index (χ4n) is 4.93. The maximum absolute atomic E-state index is 13.4. The fourth-order valence-corrected chi connectivity index (χ4v) is 5.91. The summed E-state index contributed by atoms with van der Waals surface area (Å²) in [6, 6.07) is 11.7. The minimum atomic E-state index is -4.09. The fraction of sp³-hybridized carbons (Fsp3) is 0.433. The smallest absolute Gasteiger partial charge is 0.264 e. The number of hydrogen-bond acceptors (Lipinski definition) is 6. The van der Waals surface area contributed by atoms with Gasteiger partial charge in [-0.05, 0) is 67.3 Å². The quantitative estimate of drug-likeness (QED) is 0.432. The van der Waals surface area contributed by atoms with Crippen LogP contribution in [0.1, 0.15) is 68.1 Å². The van der Waals surface area contributed by atoms with E-state index in [4.69, 9.17) is 9.72 Å². The van der Waals surface area contributed by atoms with Gasteiger partial charge in [0.15, 0.2) is 0 Å². The number of hydrogen-bond donors (Lipinski definition) is 2. The van der Waals surface area contributed by atoms with Gasteiger partial charge in [-0.25, -0.2) is 18.1 Å². The number of fused-ring (bicyclic) bond motifs is 4. The van der Waals surface area contributed by atoms with Gasteiger partial charge in [0, 0.05) is 16.7 Å². The highest BCUT2D eigenvalue weighted by molar-refractivity contribution is 7.92. The normalized spacial score (nSPS) is 17.2. The number of aromatic nitrogens is 2. The number of carbonyl (C=O) groups excluding carboxylic acids is 1. The van der Waals surface area contributed by atoms with Crippen molar-refractivity contribution < 1.29 is 17.9 Å². The molecule has 0 radical (unpaired) electrons. The van der Waals surface area contributed by atoms with Gasteiger partial charge in [-0.3, -0.25) is 4.79 Å². The molecule has 0 saturated heterocycles. The highest BCUT2D eigenvalue weighted by Crippen LogP contribution is 2.35. The molecule has 2 N–H and O–H groups in total. The average molecular weight is 551 g/mol. The van der Waals surface area contributed by atoms with E-state index in [1.54, 1.807) is 12.1 Å². The van der Waals surface area contributed by atoms with Crippen molar-refractivity contribution in [3.63, 3.8) is 0 Å². The lowest BCUT2D eigenvalue weighted by Crippen LogP contribution is -2.41. The summed E-state index contributed by atoms with van der Waals surface area (Å²) in [4.78, 5) is 22.3. The Bertz CT molecular complexity index is 1490. The van der Waals surface area contributed by atoms with Crippen molar-refractivity contribution in [1.29, 1.82) is 0 Å². The van der Waals surface area contributed by atoms with Crippen molar-refractivity contribution in [1.82, 2.24) is 15.3 Å². The van der Waals surface area contributed by atoms with Crippen LogP contribution >= 0.6 is 0 Å². The molecule has 9 heteroatoms. The second-order valence-electron chi connectivity index (χ2n) is 11.9. The molecular weight excluding hydrogens is 512 g/mol. The first-order chi connectivity index (χ1) is 18.2. The summed E-state index contributed by atoms with van der Waals surface area (Å²) in [6.07, 6.45) is 1.49. The van der Waals surface area contributed by atoms with Gasteiger partial charge in [0.2, 0.25) is 11.8 Å². The van der Waals surface area contributed by atoms with Crippen molar-refractivity contribution in [3.05, 3.63) is 64.7 Å². The van der Waals surface area contributed by atoms with Gasteiger partial charge in [0.05, 0.1) is 16.6 Å². The first-order valence-electron chi connectivity index (χ1n) is 13.3. The van der Waals surface area contributed by atoms with Crippen LogP contribution in [0, 0.1) is 25.2 Å². The van der Waals surface area contributed by atoms with Gasteiger partial charge in [0.25, 0.3) is 15.9 Å². The van der Waals surface area contributed by atoms with E-state index in [1.807, 2.05) is 26.0 Å². The Morgan fingerprint density at radius 2 is 1.79 bits per heavy atom. The summed E-state index contributed by atoms with van der Waals surface area (Å²) in [5, 5.41) is 3.04. The lowest BCUT2D eigenvalue weighted by molar-refractivity contribution is 0.0903. The zero-order chi connectivity index (χ0) is 28.5. The Balaban J connectivity index is 1.91. The molecule has 1 atom stereocenters. The third-order valence-electron chi connectivity index (χ3n) is 6.57. The van der Waals surface area contributed by atoms with Crippen molar-refractivity contribution >= 4 is 21.9 Å². The van der Waals surface area contributed by atoms with Crippen LogP contribution in [0.25, 0.3) is 11.3 Å². The second-order valence-corrected chi connectivity index (χ2v) is 13.6. The van der Waals surface area contributed by atoms with Crippen molar-refractivity contribution in [2.45, 2.75) is 72.2 Å². The van der Waals surface area contributed by atoms with Crippen molar-refractivity contribution in [2.24, 2.45) is 11.3 Å². The van der Waals surface area contributed by atoms with Gasteiger partial charge < -0.3 is 10.1 Å². The summed E-state index contributed by atoms with van der Waals surface area (Å²) in [6.45, 7) is 14.7. The molecule has 0 saturated carbocycles. The predicted octanol–water partition coefficient (Wildman–Crippen LogP) is 5.69. The maximum Gasteiger partial charge on any atom is 0.264 e. The number of nitrogens with zero attached hydrogens (tertiary/aromatic N) is 2. The molecule has 0 unspecified atom stereocenters. The third-order valence-corrected chi connectivity index (χ3v) is 7.90. The average Bonchev–Trinajstić information content (AvgIpc) is 2.83. The summed E-state index contributed by atoms with van der Waals surface area (Å²) in [7, 11) is -4.09. The molecule has 0 spiro atoms.